The van der Waals surface area contributed by atoms with E-state index in [1.807, 2.05) is 42.3 Å². The monoisotopic (exact) mass is 367 g/mol. The number of carbonyl (C=O) groups excluding carboxylic acids is 2. The molecule has 0 saturated carbocycles. The molecule has 7 nitrogen and oxygen atoms in total. The van der Waals surface area contributed by atoms with Crippen LogP contribution < -0.4 is 10.2 Å². The fourth-order valence-electron chi connectivity index (χ4n) is 4.03. The molecule has 0 aliphatic carbocycles. The molecule has 2 aliphatic heterocycles. The maximum Gasteiger partial charge on any atom is 0.321 e. The maximum absolute atomic E-state index is 13.0. The molecule has 1 aromatic carbocycles. The number of carbonyl (C=O) groups is 2. The van der Waals surface area contributed by atoms with E-state index >= 15 is 0 Å². The minimum absolute atomic E-state index is 0.0385. The Hall–Kier alpha value is -2.83. The number of amides is 3. The Labute approximate surface area is 158 Å². The van der Waals surface area contributed by atoms with E-state index in [0.717, 1.165) is 43.7 Å². The molecule has 4 rings (SSSR count). The summed E-state index contributed by atoms with van der Waals surface area (Å²) in [6, 6.07) is 7.31. The number of nitrogens with zero attached hydrogens (tertiary/aromatic N) is 3. The zero-order chi connectivity index (χ0) is 18.8. The predicted molar refractivity (Wildman–Crippen MR) is 103 cm³/mol. The van der Waals surface area contributed by atoms with Crippen molar-refractivity contribution in [2.45, 2.75) is 32.1 Å². The van der Waals surface area contributed by atoms with Gasteiger partial charge >= 0.3 is 6.03 Å². The summed E-state index contributed by atoms with van der Waals surface area (Å²) in [5.41, 5.74) is 3.80. The summed E-state index contributed by atoms with van der Waals surface area (Å²) in [5, 5.41) is 9.96. The van der Waals surface area contributed by atoms with Crippen molar-refractivity contribution in [1.82, 2.24) is 20.4 Å². The first kappa shape index (κ1) is 17.6. The van der Waals surface area contributed by atoms with Crippen LogP contribution in [0.15, 0.2) is 30.5 Å². The van der Waals surface area contributed by atoms with Crippen molar-refractivity contribution < 1.29 is 9.59 Å². The van der Waals surface area contributed by atoms with Gasteiger partial charge in [-0.05, 0) is 55.9 Å². The Bertz CT molecular complexity index is 838. The molecule has 142 valence electrons. The molecule has 0 radical (unpaired) electrons. The summed E-state index contributed by atoms with van der Waals surface area (Å²) in [7, 11) is 0. The third kappa shape index (κ3) is 3.54. The van der Waals surface area contributed by atoms with Crippen LogP contribution in [-0.4, -0.2) is 53.2 Å². The summed E-state index contributed by atoms with van der Waals surface area (Å²) >= 11 is 0. The number of likely N-dealkylation sites (tertiary alicyclic amines) is 1. The first-order valence-corrected chi connectivity index (χ1v) is 9.58. The molecule has 0 atom stereocenters. The number of hydrogen-bond donors (Lipinski definition) is 2. The molecule has 3 heterocycles. The number of aromatic amines is 1. The molecule has 2 saturated heterocycles. The van der Waals surface area contributed by atoms with E-state index in [2.05, 4.69) is 15.5 Å². The largest absolute Gasteiger partial charge is 0.339 e. The summed E-state index contributed by atoms with van der Waals surface area (Å²) < 4.78 is 0. The van der Waals surface area contributed by atoms with Crippen molar-refractivity contribution in [1.29, 1.82) is 0 Å². The van der Waals surface area contributed by atoms with Crippen LogP contribution in [0.3, 0.4) is 0 Å². The van der Waals surface area contributed by atoms with Gasteiger partial charge in [-0.25, -0.2) is 4.79 Å². The molecule has 0 bridgehead atoms. The molecule has 0 spiro atoms. The lowest BCUT2D eigenvalue weighted by Gasteiger charge is -2.32. The molecule has 0 unspecified atom stereocenters. The van der Waals surface area contributed by atoms with Crippen molar-refractivity contribution >= 4 is 17.6 Å². The van der Waals surface area contributed by atoms with Crippen molar-refractivity contribution in [2.75, 3.05) is 31.1 Å². The van der Waals surface area contributed by atoms with Crippen LogP contribution in [0, 0.1) is 6.92 Å². The Morgan fingerprint density at radius 2 is 2.04 bits per heavy atom. The highest BCUT2D eigenvalue weighted by molar-refractivity contribution is 5.98. The van der Waals surface area contributed by atoms with Crippen LogP contribution in [-0.2, 0) is 0 Å². The molecular formula is C20H25N5O2. The molecule has 3 amide bonds. The third-order valence-electron chi connectivity index (χ3n) is 5.58. The number of anilines is 1. The second-order valence-corrected chi connectivity index (χ2v) is 7.30. The van der Waals surface area contributed by atoms with Crippen molar-refractivity contribution in [3.05, 3.63) is 47.3 Å². The topological polar surface area (TPSA) is 81.3 Å². The van der Waals surface area contributed by atoms with E-state index in [-0.39, 0.29) is 11.9 Å². The van der Waals surface area contributed by atoms with E-state index in [0.29, 0.717) is 24.6 Å². The van der Waals surface area contributed by atoms with Gasteiger partial charge in [0, 0.05) is 43.1 Å². The zero-order valence-electron chi connectivity index (χ0n) is 15.6. The minimum Gasteiger partial charge on any atom is -0.339 e. The van der Waals surface area contributed by atoms with Crippen molar-refractivity contribution in [2.24, 2.45) is 0 Å². The first-order chi connectivity index (χ1) is 13.1. The average Bonchev–Trinajstić information content (AvgIpc) is 3.14. The van der Waals surface area contributed by atoms with Gasteiger partial charge in [-0.15, -0.1) is 0 Å². The second kappa shape index (κ2) is 7.42. The zero-order valence-corrected chi connectivity index (χ0v) is 15.6. The van der Waals surface area contributed by atoms with Gasteiger partial charge in [-0.2, -0.15) is 5.10 Å². The van der Waals surface area contributed by atoms with Crippen molar-refractivity contribution in [3.8, 4) is 0 Å². The Kier molecular flexibility index (Phi) is 4.83. The van der Waals surface area contributed by atoms with E-state index in [1.165, 1.54) is 5.56 Å². The predicted octanol–water partition coefficient (Wildman–Crippen LogP) is 2.66. The minimum atomic E-state index is -0.0952. The van der Waals surface area contributed by atoms with Crippen LogP contribution in [0.25, 0.3) is 0 Å². The lowest BCUT2D eigenvalue weighted by atomic mass is 9.89. The van der Waals surface area contributed by atoms with Gasteiger partial charge in [0.05, 0.1) is 6.20 Å². The van der Waals surface area contributed by atoms with Gasteiger partial charge in [0.25, 0.3) is 5.91 Å². The van der Waals surface area contributed by atoms with Gasteiger partial charge in [0.2, 0.25) is 0 Å². The highest BCUT2D eigenvalue weighted by atomic mass is 16.2. The third-order valence-corrected chi connectivity index (χ3v) is 5.58. The smallest absolute Gasteiger partial charge is 0.321 e. The number of piperidine rings is 1. The highest BCUT2D eigenvalue weighted by Gasteiger charge is 2.27. The molecule has 2 N–H and O–H groups in total. The standard InChI is InChI=1S/C20H25N5O2/c1-14-18(13-22-23-14)15-6-10-24(11-7-15)19(26)16-4-2-5-17(12-16)25-9-3-8-21-20(25)27/h2,4-5,12-13,15H,3,6-11H2,1H3,(H,21,27)(H,22,23). The SMILES string of the molecule is Cc1[nH]ncc1C1CCN(C(=O)c2cccc(N3CCCNC3=O)c2)CC1. The van der Waals surface area contributed by atoms with E-state index in [1.54, 1.807) is 4.90 Å². The van der Waals surface area contributed by atoms with Crippen LogP contribution in [0.5, 0.6) is 0 Å². The molecule has 1 aromatic heterocycles. The number of H-pyrrole nitrogens is 1. The number of benzene rings is 1. The van der Waals surface area contributed by atoms with Gasteiger partial charge in [0.1, 0.15) is 0 Å². The molecule has 2 aromatic rings. The van der Waals surface area contributed by atoms with Crippen LogP contribution >= 0.6 is 0 Å². The van der Waals surface area contributed by atoms with Gasteiger partial charge in [-0.3, -0.25) is 14.8 Å². The summed E-state index contributed by atoms with van der Waals surface area (Å²) in [6.07, 6.45) is 4.70. The van der Waals surface area contributed by atoms with Crippen molar-refractivity contribution in [3.63, 3.8) is 0 Å². The Morgan fingerprint density at radius 1 is 1.22 bits per heavy atom. The highest BCUT2D eigenvalue weighted by Crippen LogP contribution is 2.30. The molecule has 7 heteroatoms. The van der Waals surface area contributed by atoms with Gasteiger partial charge < -0.3 is 10.2 Å². The lowest BCUT2D eigenvalue weighted by Crippen LogP contribution is -2.46. The number of hydrogen-bond acceptors (Lipinski definition) is 3. The quantitative estimate of drug-likeness (QED) is 0.875. The fraction of sp³-hybridized carbons (Fsp3) is 0.450. The average molecular weight is 367 g/mol. The molecule has 27 heavy (non-hydrogen) atoms. The number of aromatic nitrogens is 2. The molecule has 2 aliphatic rings. The fourth-order valence-corrected chi connectivity index (χ4v) is 4.03. The second-order valence-electron chi connectivity index (χ2n) is 7.30. The van der Waals surface area contributed by atoms with E-state index in [9.17, 15) is 9.59 Å². The Balaban J connectivity index is 1.44. The van der Waals surface area contributed by atoms with Crippen LogP contribution in [0.2, 0.25) is 0 Å². The summed E-state index contributed by atoms with van der Waals surface area (Å²) in [6.45, 7) is 4.91. The number of nitrogens with one attached hydrogen (secondary N) is 2. The van der Waals surface area contributed by atoms with Gasteiger partial charge in [-0.1, -0.05) is 6.07 Å². The van der Waals surface area contributed by atoms with E-state index in [4.69, 9.17) is 0 Å². The maximum atomic E-state index is 13.0. The number of urea groups is 1. The van der Waals surface area contributed by atoms with Crippen LogP contribution in [0.4, 0.5) is 10.5 Å². The molecular weight excluding hydrogens is 342 g/mol. The number of rotatable bonds is 3. The first-order valence-electron chi connectivity index (χ1n) is 9.58. The molecule has 2 fully saturated rings. The van der Waals surface area contributed by atoms with E-state index < -0.39 is 0 Å². The Morgan fingerprint density at radius 3 is 2.74 bits per heavy atom. The lowest BCUT2D eigenvalue weighted by molar-refractivity contribution is 0.0713. The van der Waals surface area contributed by atoms with Crippen LogP contribution in [0.1, 0.15) is 46.8 Å². The number of aryl methyl sites for hydroxylation is 1. The normalized spacial score (nSPS) is 18.5. The summed E-state index contributed by atoms with van der Waals surface area (Å²) in [4.78, 5) is 28.7. The van der Waals surface area contributed by atoms with Gasteiger partial charge in [0.15, 0.2) is 0 Å². The summed E-state index contributed by atoms with van der Waals surface area (Å²) in [5.74, 6) is 0.493.